The number of carbonyl (C=O) groups excluding carboxylic acids is 3. The lowest BCUT2D eigenvalue weighted by Crippen LogP contribution is -2.49. The van der Waals surface area contributed by atoms with Crippen LogP contribution in [0.25, 0.3) is 0 Å². The largest absolute Gasteiger partial charge is 0.444 e. The fraction of sp³-hybridized carbons (Fsp3) is 0.512. The second kappa shape index (κ2) is 19.0. The molecule has 0 spiro atoms. The van der Waals surface area contributed by atoms with Crippen molar-refractivity contribution in [3.05, 3.63) is 70.3 Å². The molecule has 11 N–H and O–H groups in total. The minimum atomic E-state index is -0.676. The minimum absolute atomic E-state index is 0.0416. The number of primary amides is 2. The Morgan fingerprint density at radius 3 is 1.57 bits per heavy atom. The van der Waals surface area contributed by atoms with Crippen molar-refractivity contribution in [3.8, 4) is 0 Å². The van der Waals surface area contributed by atoms with Crippen molar-refractivity contribution in [1.29, 1.82) is 0 Å². The lowest BCUT2D eigenvalue weighted by molar-refractivity contribution is 0.0488. The summed E-state index contributed by atoms with van der Waals surface area (Å²) in [5.41, 5.74) is 22.4. The Morgan fingerprint density at radius 1 is 0.607 bits per heavy atom. The first kappa shape index (κ1) is 42.9. The molecular weight excluding hydrogens is 777 g/mol. The third-order valence-corrected chi connectivity index (χ3v) is 11.4. The average Bonchev–Trinajstić information content (AvgIpc) is 3.89. The molecule has 2 fully saturated rings. The summed E-state index contributed by atoms with van der Waals surface area (Å²) in [5.74, 6) is 1.05. The van der Waals surface area contributed by atoms with Crippen molar-refractivity contribution in [3.63, 3.8) is 0 Å². The van der Waals surface area contributed by atoms with Crippen LogP contribution in [0.3, 0.4) is 0 Å². The van der Waals surface area contributed by atoms with Gasteiger partial charge < -0.3 is 48.5 Å². The van der Waals surface area contributed by atoms with Crippen LogP contribution in [0.4, 0.5) is 39.4 Å². The standard InChI is InChI=1S/C24H33N7O3.C19H25N7O/c1-24(2,3)34-23(33)29-17-9-5-4-8-16(17)27-20-13-18(21(22(25)32)31-30-20)28-19-12-11-14-7-6-10-15(14)26-19;20-12-5-1-2-6-14(12)23-17-10-15(18(19(21)27)26-25-17)24-16-9-8-11-4-3-7-13(11)22-16/h11-13,16-17H,4-10H2,1-3H3,(H2,25,32)(H,29,33)(H2,26,27,28,30);8-10,12,14H,1-7,20H2,(H2,21,27)(H2,22,23,24,25)/t16-,17+;12-,14+/m10/s1. The van der Waals surface area contributed by atoms with Crippen LogP contribution in [0.15, 0.2) is 36.4 Å². The number of nitrogens with one attached hydrogen (secondary N) is 5. The summed E-state index contributed by atoms with van der Waals surface area (Å²) in [6.07, 6.45) is 13.8. The number of anilines is 6. The van der Waals surface area contributed by atoms with Crippen LogP contribution in [0.5, 0.6) is 0 Å². The molecule has 18 heteroatoms. The summed E-state index contributed by atoms with van der Waals surface area (Å²) < 4.78 is 5.42. The molecule has 8 rings (SSSR count). The van der Waals surface area contributed by atoms with Crippen LogP contribution in [0.2, 0.25) is 0 Å². The number of nitrogens with two attached hydrogens (primary N) is 3. The van der Waals surface area contributed by atoms with Gasteiger partial charge in [0.25, 0.3) is 11.8 Å². The molecule has 4 atom stereocenters. The molecule has 0 aliphatic heterocycles. The number of nitrogens with zero attached hydrogens (tertiary/aromatic N) is 6. The number of carbonyl (C=O) groups is 3. The number of rotatable bonds is 11. The maximum atomic E-state index is 12.3. The minimum Gasteiger partial charge on any atom is -0.444 e. The van der Waals surface area contributed by atoms with Crippen molar-refractivity contribution in [2.75, 3.05) is 21.3 Å². The zero-order valence-electron chi connectivity index (χ0n) is 35.2. The molecule has 4 aromatic heterocycles. The predicted molar refractivity (Wildman–Crippen MR) is 233 cm³/mol. The van der Waals surface area contributed by atoms with Crippen molar-refractivity contribution in [2.45, 2.75) is 140 Å². The Kier molecular flexibility index (Phi) is 13.4. The SMILES string of the molecule is CC(C)(C)OC(=O)N[C@H]1CCCC[C@H]1Nc1cc(Nc2ccc3c(n2)CCC3)c(C(N)=O)nn1.NC(=O)c1nnc(N[C@@H]2CCCC[C@@H]2N)cc1Nc1ccc2c(n1)CCC2. The topological polar surface area (TPSA) is 276 Å². The maximum absolute atomic E-state index is 12.3. The normalized spacial score (nSPS) is 20.5. The molecule has 4 heterocycles. The molecule has 18 nitrogen and oxygen atoms in total. The van der Waals surface area contributed by atoms with E-state index in [2.05, 4.69) is 69.1 Å². The van der Waals surface area contributed by atoms with Crippen LogP contribution < -0.4 is 43.8 Å². The number of hydrogen-bond donors (Lipinski definition) is 8. The molecule has 2 saturated carbocycles. The number of hydrogen-bond acceptors (Lipinski definition) is 15. The summed E-state index contributed by atoms with van der Waals surface area (Å²) >= 11 is 0. The second-order valence-electron chi connectivity index (χ2n) is 17.3. The molecule has 0 unspecified atom stereocenters. The predicted octanol–water partition coefficient (Wildman–Crippen LogP) is 5.34. The summed E-state index contributed by atoms with van der Waals surface area (Å²) in [6, 6.07) is 11.5. The molecule has 0 saturated heterocycles. The highest BCUT2D eigenvalue weighted by atomic mass is 16.6. The lowest BCUT2D eigenvalue weighted by atomic mass is 9.90. The van der Waals surface area contributed by atoms with E-state index in [1.807, 2.05) is 32.9 Å². The number of fused-ring (bicyclic) bond motifs is 2. The van der Waals surface area contributed by atoms with Gasteiger partial charge in [0.2, 0.25) is 0 Å². The summed E-state index contributed by atoms with van der Waals surface area (Å²) in [7, 11) is 0. The van der Waals surface area contributed by atoms with Gasteiger partial charge in [-0.2, -0.15) is 0 Å². The highest BCUT2D eigenvalue weighted by molar-refractivity contribution is 5.98. The smallest absolute Gasteiger partial charge is 0.407 e. The van der Waals surface area contributed by atoms with E-state index < -0.39 is 23.5 Å². The van der Waals surface area contributed by atoms with Gasteiger partial charge in [-0.3, -0.25) is 9.59 Å². The van der Waals surface area contributed by atoms with E-state index >= 15 is 0 Å². The first-order valence-corrected chi connectivity index (χ1v) is 21.4. The molecule has 0 radical (unpaired) electrons. The monoisotopic (exact) mass is 834 g/mol. The molecule has 61 heavy (non-hydrogen) atoms. The zero-order valence-corrected chi connectivity index (χ0v) is 35.2. The second-order valence-corrected chi connectivity index (χ2v) is 17.3. The van der Waals surface area contributed by atoms with Gasteiger partial charge in [0.05, 0.1) is 17.4 Å². The van der Waals surface area contributed by atoms with E-state index in [1.165, 1.54) is 11.1 Å². The molecular formula is C43H58N14O4. The van der Waals surface area contributed by atoms with E-state index in [4.69, 9.17) is 21.9 Å². The van der Waals surface area contributed by atoms with Crippen LogP contribution in [0.1, 0.15) is 128 Å². The highest BCUT2D eigenvalue weighted by Gasteiger charge is 2.30. The van der Waals surface area contributed by atoms with E-state index in [9.17, 15) is 14.4 Å². The number of pyridine rings is 2. The maximum Gasteiger partial charge on any atom is 0.407 e. The molecule has 3 amide bonds. The van der Waals surface area contributed by atoms with Gasteiger partial charge in [0.1, 0.15) is 17.2 Å². The van der Waals surface area contributed by atoms with Crippen molar-refractivity contribution < 1.29 is 19.1 Å². The van der Waals surface area contributed by atoms with Crippen molar-refractivity contribution in [2.24, 2.45) is 17.2 Å². The van der Waals surface area contributed by atoms with Gasteiger partial charge in [-0.05, 0) is 108 Å². The molecule has 324 valence electrons. The fourth-order valence-corrected chi connectivity index (χ4v) is 8.39. The van der Waals surface area contributed by atoms with E-state index in [0.717, 1.165) is 101 Å². The molecule has 0 bridgehead atoms. The van der Waals surface area contributed by atoms with Crippen LogP contribution in [0, 0.1) is 0 Å². The van der Waals surface area contributed by atoms with Gasteiger partial charge in [0.15, 0.2) is 23.0 Å². The third kappa shape index (κ3) is 11.4. The molecule has 4 aromatic rings. The van der Waals surface area contributed by atoms with E-state index in [0.29, 0.717) is 34.6 Å². The summed E-state index contributed by atoms with van der Waals surface area (Å²) in [5, 5.41) is 32.4. The average molecular weight is 835 g/mol. The van der Waals surface area contributed by atoms with Gasteiger partial charge >= 0.3 is 6.09 Å². The van der Waals surface area contributed by atoms with Crippen LogP contribution in [-0.4, -0.2) is 78.0 Å². The molecule has 4 aliphatic rings. The van der Waals surface area contributed by atoms with Crippen molar-refractivity contribution >= 4 is 52.6 Å². The number of aryl methyl sites for hydroxylation is 4. The van der Waals surface area contributed by atoms with Crippen LogP contribution in [-0.2, 0) is 30.4 Å². The van der Waals surface area contributed by atoms with Gasteiger partial charge in [-0.15, -0.1) is 20.4 Å². The highest BCUT2D eigenvalue weighted by Crippen LogP contribution is 2.29. The number of aromatic nitrogens is 6. The zero-order chi connectivity index (χ0) is 43.1. The Bertz CT molecular complexity index is 2230. The van der Waals surface area contributed by atoms with Gasteiger partial charge in [-0.25, -0.2) is 14.8 Å². The fourth-order valence-electron chi connectivity index (χ4n) is 8.39. The Labute approximate surface area is 355 Å². The number of ether oxygens (including phenoxy) is 1. The molecule has 4 aliphatic carbocycles. The lowest BCUT2D eigenvalue weighted by Gasteiger charge is -2.33. The van der Waals surface area contributed by atoms with Gasteiger partial charge in [0, 0.05) is 41.6 Å². The quantitative estimate of drug-likeness (QED) is 0.0948. The van der Waals surface area contributed by atoms with Crippen LogP contribution >= 0.6 is 0 Å². The Morgan fingerprint density at radius 2 is 1.08 bits per heavy atom. The van der Waals surface area contributed by atoms with E-state index in [-0.39, 0.29) is 35.6 Å². The Balaban J connectivity index is 0.000000189. The van der Waals surface area contributed by atoms with Gasteiger partial charge in [-0.1, -0.05) is 37.8 Å². The van der Waals surface area contributed by atoms with E-state index in [1.54, 1.807) is 12.1 Å². The Hall–Kier alpha value is -6.17. The first-order chi connectivity index (χ1) is 29.3. The van der Waals surface area contributed by atoms with Crippen molar-refractivity contribution in [1.82, 2.24) is 35.7 Å². The summed E-state index contributed by atoms with van der Waals surface area (Å²) in [6.45, 7) is 5.51. The number of alkyl carbamates (subject to hydrolysis) is 1. The molecule has 0 aromatic carbocycles. The summed E-state index contributed by atoms with van der Waals surface area (Å²) in [4.78, 5) is 45.4. The first-order valence-electron chi connectivity index (χ1n) is 21.4. The third-order valence-electron chi connectivity index (χ3n) is 11.4. The number of amides is 3.